The zero-order chi connectivity index (χ0) is 29.3. The van der Waals surface area contributed by atoms with Crippen LogP contribution in [-0.4, -0.2) is 83.2 Å². The second-order valence-corrected chi connectivity index (χ2v) is 12.5. The molecule has 7 heteroatoms. The highest BCUT2D eigenvalue weighted by molar-refractivity contribution is 5.75. The Morgan fingerprint density at radius 2 is 1.62 bits per heavy atom. The van der Waals surface area contributed by atoms with Crippen molar-refractivity contribution in [2.45, 2.75) is 69.5 Å². The normalized spacial score (nSPS) is 23.3. The Morgan fingerprint density at radius 1 is 0.952 bits per heavy atom. The predicted molar refractivity (Wildman–Crippen MR) is 167 cm³/mol. The van der Waals surface area contributed by atoms with E-state index >= 15 is 0 Å². The van der Waals surface area contributed by atoms with Gasteiger partial charge >= 0.3 is 12.0 Å². The highest BCUT2D eigenvalue weighted by Gasteiger charge is 2.43. The van der Waals surface area contributed by atoms with Crippen LogP contribution in [0.15, 0.2) is 73.3 Å². The lowest BCUT2D eigenvalue weighted by Gasteiger charge is -2.39. The van der Waals surface area contributed by atoms with E-state index in [-0.39, 0.29) is 24.0 Å². The maximum atomic E-state index is 13.2. The van der Waals surface area contributed by atoms with E-state index in [1.165, 1.54) is 12.0 Å². The van der Waals surface area contributed by atoms with E-state index < -0.39 is 5.97 Å². The predicted octanol–water partition coefficient (Wildman–Crippen LogP) is 5.60. The molecule has 226 valence electrons. The summed E-state index contributed by atoms with van der Waals surface area (Å²) >= 11 is 0. The summed E-state index contributed by atoms with van der Waals surface area (Å²) in [6, 6.07) is 20.5. The van der Waals surface area contributed by atoms with Crippen LogP contribution in [0.1, 0.15) is 62.0 Å². The van der Waals surface area contributed by atoms with Gasteiger partial charge in [-0.05, 0) is 48.6 Å². The Kier molecular flexibility index (Phi) is 10.7. The van der Waals surface area contributed by atoms with Crippen molar-refractivity contribution >= 4 is 12.0 Å². The first-order chi connectivity index (χ1) is 20.5. The molecule has 2 aliphatic heterocycles. The van der Waals surface area contributed by atoms with Gasteiger partial charge in [-0.2, -0.15) is 0 Å². The van der Waals surface area contributed by atoms with Gasteiger partial charge in [0.05, 0.1) is 0 Å². The van der Waals surface area contributed by atoms with Crippen molar-refractivity contribution in [2.75, 3.05) is 39.3 Å². The van der Waals surface area contributed by atoms with E-state index in [0.717, 1.165) is 76.8 Å². The lowest BCUT2D eigenvalue weighted by Crippen LogP contribution is -2.51. The van der Waals surface area contributed by atoms with Crippen molar-refractivity contribution in [1.29, 1.82) is 0 Å². The van der Waals surface area contributed by atoms with Crippen molar-refractivity contribution in [2.24, 2.45) is 11.8 Å². The Labute approximate surface area is 251 Å². The number of carboxylic acid groups (broad SMARTS) is 1. The molecule has 2 saturated heterocycles. The summed E-state index contributed by atoms with van der Waals surface area (Å²) in [6.45, 7) is 9.44. The summed E-state index contributed by atoms with van der Waals surface area (Å²) in [5.74, 6) is 0.317. The summed E-state index contributed by atoms with van der Waals surface area (Å²) in [6.07, 6.45) is 9.26. The number of likely N-dealkylation sites (tertiary alicyclic amines) is 2. The van der Waals surface area contributed by atoms with Crippen LogP contribution in [0.2, 0.25) is 0 Å². The molecule has 2 heterocycles. The van der Waals surface area contributed by atoms with E-state index in [4.69, 9.17) is 0 Å². The van der Waals surface area contributed by atoms with Crippen LogP contribution < -0.4 is 5.32 Å². The third-order valence-corrected chi connectivity index (χ3v) is 9.80. The van der Waals surface area contributed by atoms with Crippen molar-refractivity contribution in [3.63, 3.8) is 0 Å². The Bertz CT molecular complexity index is 1150. The molecule has 3 atom stereocenters. The van der Waals surface area contributed by atoms with Crippen molar-refractivity contribution in [1.82, 2.24) is 20.0 Å². The van der Waals surface area contributed by atoms with E-state index in [0.29, 0.717) is 24.9 Å². The van der Waals surface area contributed by atoms with Gasteiger partial charge in [-0.1, -0.05) is 86.0 Å². The zero-order valence-electron chi connectivity index (χ0n) is 24.9. The van der Waals surface area contributed by atoms with E-state index in [1.807, 2.05) is 41.3 Å². The van der Waals surface area contributed by atoms with Crippen LogP contribution in [0.3, 0.4) is 0 Å². The topological polar surface area (TPSA) is 76.1 Å². The van der Waals surface area contributed by atoms with Gasteiger partial charge in [-0.25, -0.2) is 4.79 Å². The molecule has 2 aromatic carbocycles. The number of carboxylic acids is 1. The summed E-state index contributed by atoms with van der Waals surface area (Å²) in [4.78, 5) is 32.5. The van der Waals surface area contributed by atoms with Crippen molar-refractivity contribution in [3.05, 3.63) is 84.4 Å². The number of amides is 2. The lowest BCUT2D eigenvalue weighted by molar-refractivity contribution is -0.145. The van der Waals surface area contributed by atoms with Crippen LogP contribution in [0, 0.1) is 11.8 Å². The number of aliphatic carboxylic acids is 1. The first kappa shape index (κ1) is 30.3. The third kappa shape index (κ3) is 7.61. The summed E-state index contributed by atoms with van der Waals surface area (Å²) in [7, 11) is 0. The summed E-state index contributed by atoms with van der Waals surface area (Å²) < 4.78 is 0. The number of carbonyl (C=O) groups excluding carboxylic acids is 1. The molecule has 0 aromatic heterocycles. The molecule has 3 aliphatic rings. The first-order valence-electron chi connectivity index (χ1n) is 16.0. The van der Waals surface area contributed by atoms with Crippen LogP contribution in [0.25, 0.3) is 0 Å². The monoisotopic (exact) mass is 572 g/mol. The van der Waals surface area contributed by atoms with Gasteiger partial charge < -0.3 is 20.2 Å². The smallest absolute Gasteiger partial charge is 0.321 e. The van der Waals surface area contributed by atoms with Crippen LogP contribution in [0.5, 0.6) is 0 Å². The minimum atomic E-state index is -0.650. The second-order valence-electron chi connectivity index (χ2n) is 12.5. The largest absolute Gasteiger partial charge is 0.480 e. The number of piperidine rings is 1. The fourth-order valence-electron chi connectivity index (χ4n) is 7.66. The zero-order valence-corrected chi connectivity index (χ0v) is 24.9. The second kappa shape index (κ2) is 14.8. The van der Waals surface area contributed by atoms with Gasteiger partial charge in [0.2, 0.25) is 0 Å². The van der Waals surface area contributed by atoms with Crippen molar-refractivity contribution in [3.8, 4) is 0 Å². The molecule has 1 aliphatic carbocycles. The van der Waals surface area contributed by atoms with Crippen LogP contribution in [-0.2, 0) is 11.3 Å². The average molecular weight is 573 g/mol. The number of urea groups is 1. The molecule has 0 radical (unpaired) electrons. The number of hydrogen-bond acceptors (Lipinski definition) is 4. The molecular formula is C35H48N4O3. The third-order valence-electron chi connectivity index (χ3n) is 9.80. The highest BCUT2D eigenvalue weighted by Crippen LogP contribution is 2.38. The van der Waals surface area contributed by atoms with E-state index in [9.17, 15) is 14.7 Å². The molecule has 3 unspecified atom stereocenters. The maximum absolute atomic E-state index is 13.2. The van der Waals surface area contributed by atoms with Gasteiger partial charge in [-0.3, -0.25) is 9.69 Å². The number of carbonyl (C=O) groups is 2. The van der Waals surface area contributed by atoms with Gasteiger partial charge in [0, 0.05) is 57.8 Å². The molecule has 0 bridgehead atoms. The molecule has 2 N–H and O–H groups in total. The lowest BCUT2D eigenvalue weighted by atomic mass is 9.83. The molecule has 42 heavy (non-hydrogen) atoms. The molecule has 2 aromatic rings. The average Bonchev–Trinajstić information content (AvgIpc) is 3.43. The Balaban J connectivity index is 1.21. The number of rotatable bonds is 11. The molecule has 1 saturated carbocycles. The maximum Gasteiger partial charge on any atom is 0.321 e. The molecular weight excluding hydrogens is 524 g/mol. The summed E-state index contributed by atoms with van der Waals surface area (Å²) in [5, 5.41) is 13.4. The van der Waals surface area contributed by atoms with Crippen LogP contribution >= 0.6 is 0 Å². The molecule has 0 spiro atoms. The fourth-order valence-corrected chi connectivity index (χ4v) is 7.66. The standard InChI is InChI=1S/C35H48N4O3/c1-2-20-39(35(42)36-23-27-12-6-3-7-13-27)31-18-21-37(22-19-31)24-30-25-38(26-32(30)28-14-8-4-9-15-28)33(34(40)41)29-16-10-5-11-17-29/h2-4,6-9,12-15,29-33H,1,5,10-11,16-26H2,(H,36,42)(H,40,41). The number of benzene rings is 2. The summed E-state index contributed by atoms with van der Waals surface area (Å²) in [5.41, 5.74) is 2.41. The quantitative estimate of drug-likeness (QED) is 0.343. The molecule has 5 rings (SSSR count). The highest BCUT2D eigenvalue weighted by atomic mass is 16.4. The number of nitrogens with one attached hydrogen (secondary N) is 1. The SMILES string of the molecule is C=CCN(C(=O)NCc1ccccc1)C1CCN(CC2CN(C(C(=O)O)C3CCCCC3)CC2c2ccccc2)CC1. The fraction of sp³-hybridized carbons (Fsp3) is 0.543. The van der Waals surface area contributed by atoms with Gasteiger partial charge in [0.1, 0.15) is 6.04 Å². The molecule has 7 nitrogen and oxygen atoms in total. The minimum Gasteiger partial charge on any atom is -0.480 e. The van der Waals surface area contributed by atoms with Gasteiger partial charge in [0.15, 0.2) is 0 Å². The van der Waals surface area contributed by atoms with Gasteiger partial charge in [0.25, 0.3) is 0 Å². The van der Waals surface area contributed by atoms with Gasteiger partial charge in [-0.15, -0.1) is 6.58 Å². The van der Waals surface area contributed by atoms with Crippen LogP contribution in [0.4, 0.5) is 4.79 Å². The molecule has 2 amide bonds. The van der Waals surface area contributed by atoms with Crippen molar-refractivity contribution < 1.29 is 14.7 Å². The van der Waals surface area contributed by atoms with E-state index in [1.54, 1.807) is 0 Å². The Hall–Kier alpha value is -3.16. The Morgan fingerprint density at radius 3 is 2.26 bits per heavy atom. The molecule has 3 fully saturated rings. The van der Waals surface area contributed by atoms with E-state index in [2.05, 4.69) is 52.0 Å². The minimum absolute atomic E-state index is 0.0322. The number of hydrogen-bond donors (Lipinski definition) is 2. The number of nitrogens with zero attached hydrogens (tertiary/aromatic N) is 3. The first-order valence-corrected chi connectivity index (χ1v) is 16.0.